The van der Waals surface area contributed by atoms with E-state index in [4.69, 9.17) is 0 Å². The second-order valence-corrected chi connectivity index (χ2v) is 9.87. The lowest BCUT2D eigenvalue weighted by molar-refractivity contribution is -0.135. The van der Waals surface area contributed by atoms with Crippen LogP contribution in [0.25, 0.3) is 0 Å². The van der Waals surface area contributed by atoms with Crippen LogP contribution in [0.3, 0.4) is 0 Å². The summed E-state index contributed by atoms with van der Waals surface area (Å²) in [7, 11) is -1.32. The molecule has 3 rings (SSSR count). The lowest BCUT2D eigenvalue weighted by Crippen LogP contribution is -2.39. The number of hydrogen-bond donors (Lipinski definition) is 0. The van der Waals surface area contributed by atoms with Crippen molar-refractivity contribution in [1.82, 2.24) is 9.80 Å². The van der Waals surface area contributed by atoms with E-state index in [2.05, 4.69) is 15.9 Å². The summed E-state index contributed by atoms with van der Waals surface area (Å²) in [6, 6.07) is 7.43. The van der Waals surface area contributed by atoms with Crippen molar-refractivity contribution in [3.05, 3.63) is 34.3 Å². The first-order valence-electron chi connectivity index (χ1n) is 8.25. The van der Waals surface area contributed by atoms with Gasteiger partial charge in [0.05, 0.1) is 17.4 Å². The van der Waals surface area contributed by atoms with E-state index >= 15 is 0 Å². The molecule has 0 radical (unpaired) electrons. The highest BCUT2D eigenvalue weighted by Gasteiger charge is 2.42. The summed E-state index contributed by atoms with van der Waals surface area (Å²) >= 11 is 3.47. The van der Waals surface area contributed by atoms with E-state index in [1.807, 2.05) is 24.3 Å². The van der Waals surface area contributed by atoms with Gasteiger partial charge in [0.1, 0.15) is 0 Å². The third-order valence-corrected chi connectivity index (χ3v) is 7.42. The second-order valence-electron chi connectivity index (χ2n) is 6.79. The van der Waals surface area contributed by atoms with Gasteiger partial charge in [-0.15, -0.1) is 0 Å². The SMILES string of the molecule is CN(Cc1ccccc1Br)C(=O)[C@@H]1CC(=O)N([C@H]2CCS(=O)(=O)C2)C1. The number of amides is 2. The summed E-state index contributed by atoms with van der Waals surface area (Å²) < 4.78 is 24.2. The smallest absolute Gasteiger partial charge is 0.228 e. The van der Waals surface area contributed by atoms with E-state index in [0.717, 1.165) is 10.0 Å². The maximum absolute atomic E-state index is 12.7. The quantitative estimate of drug-likeness (QED) is 0.726. The van der Waals surface area contributed by atoms with Gasteiger partial charge in [-0.1, -0.05) is 34.1 Å². The topological polar surface area (TPSA) is 74.8 Å². The van der Waals surface area contributed by atoms with Crippen LogP contribution in [0.1, 0.15) is 18.4 Å². The Balaban J connectivity index is 1.63. The number of rotatable bonds is 4. The zero-order valence-corrected chi connectivity index (χ0v) is 16.4. The van der Waals surface area contributed by atoms with Crippen molar-refractivity contribution in [2.24, 2.45) is 5.92 Å². The van der Waals surface area contributed by atoms with Crippen LogP contribution in [0.2, 0.25) is 0 Å². The molecule has 2 amide bonds. The van der Waals surface area contributed by atoms with E-state index in [1.165, 1.54) is 0 Å². The first-order valence-corrected chi connectivity index (χ1v) is 10.9. The largest absolute Gasteiger partial charge is 0.341 e. The summed E-state index contributed by atoms with van der Waals surface area (Å²) in [4.78, 5) is 28.2. The molecular formula is C17H21BrN2O4S. The van der Waals surface area contributed by atoms with Gasteiger partial charge in [-0.25, -0.2) is 8.42 Å². The fraction of sp³-hybridized carbons (Fsp3) is 0.529. The molecule has 6 nitrogen and oxygen atoms in total. The van der Waals surface area contributed by atoms with E-state index < -0.39 is 15.8 Å². The van der Waals surface area contributed by atoms with Crippen molar-refractivity contribution < 1.29 is 18.0 Å². The minimum atomic E-state index is -3.05. The van der Waals surface area contributed by atoms with Gasteiger partial charge in [-0.3, -0.25) is 9.59 Å². The third kappa shape index (κ3) is 4.06. The van der Waals surface area contributed by atoms with Crippen LogP contribution in [0.15, 0.2) is 28.7 Å². The van der Waals surface area contributed by atoms with Gasteiger partial charge < -0.3 is 9.80 Å². The Morgan fingerprint density at radius 1 is 1.36 bits per heavy atom. The zero-order valence-electron chi connectivity index (χ0n) is 14.0. The molecular weight excluding hydrogens is 408 g/mol. The molecule has 0 aliphatic carbocycles. The Hall–Kier alpha value is -1.41. The summed E-state index contributed by atoms with van der Waals surface area (Å²) in [5.74, 6) is -0.445. The van der Waals surface area contributed by atoms with E-state index in [9.17, 15) is 18.0 Å². The monoisotopic (exact) mass is 428 g/mol. The highest BCUT2D eigenvalue weighted by Crippen LogP contribution is 2.27. The highest BCUT2D eigenvalue weighted by molar-refractivity contribution is 9.10. The molecule has 1 aromatic carbocycles. The van der Waals surface area contributed by atoms with Crippen LogP contribution >= 0.6 is 15.9 Å². The lowest BCUT2D eigenvalue weighted by atomic mass is 10.1. The fourth-order valence-electron chi connectivity index (χ4n) is 3.54. The zero-order chi connectivity index (χ0) is 18.2. The van der Waals surface area contributed by atoms with Gasteiger partial charge in [0.25, 0.3) is 0 Å². The van der Waals surface area contributed by atoms with Gasteiger partial charge in [-0.2, -0.15) is 0 Å². The van der Waals surface area contributed by atoms with Crippen LogP contribution in [0.5, 0.6) is 0 Å². The number of benzene rings is 1. The molecule has 8 heteroatoms. The summed E-state index contributed by atoms with van der Waals surface area (Å²) in [6.45, 7) is 0.779. The number of carbonyl (C=O) groups excluding carboxylic acids is 2. The van der Waals surface area contributed by atoms with Crippen molar-refractivity contribution >= 4 is 37.6 Å². The number of carbonyl (C=O) groups is 2. The Morgan fingerprint density at radius 3 is 2.72 bits per heavy atom. The summed E-state index contributed by atoms with van der Waals surface area (Å²) in [5, 5.41) is 0. The van der Waals surface area contributed by atoms with Crippen molar-refractivity contribution in [2.75, 3.05) is 25.1 Å². The molecule has 1 aromatic rings. The highest BCUT2D eigenvalue weighted by atomic mass is 79.9. The van der Waals surface area contributed by atoms with Crippen molar-refractivity contribution in [3.63, 3.8) is 0 Å². The summed E-state index contributed by atoms with van der Waals surface area (Å²) in [5.41, 5.74) is 1.00. The van der Waals surface area contributed by atoms with E-state index in [0.29, 0.717) is 19.5 Å². The maximum Gasteiger partial charge on any atom is 0.228 e. The molecule has 0 saturated carbocycles. The van der Waals surface area contributed by atoms with Crippen molar-refractivity contribution in [3.8, 4) is 0 Å². The molecule has 2 atom stereocenters. The molecule has 0 aromatic heterocycles. The summed E-state index contributed by atoms with van der Waals surface area (Å²) in [6.07, 6.45) is 0.636. The van der Waals surface area contributed by atoms with E-state index in [-0.39, 0.29) is 35.8 Å². The molecule has 0 bridgehead atoms. The maximum atomic E-state index is 12.7. The minimum Gasteiger partial charge on any atom is -0.341 e. The molecule has 0 unspecified atom stereocenters. The lowest BCUT2D eigenvalue weighted by Gasteiger charge is -2.24. The Kier molecular flexibility index (Phi) is 5.20. The number of likely N-dealkylation sites (tertiary alicyclic amines) is 1. The van der Waals surface area contributed by atoms with Crippen molar-refractivity contribution in [1.29, 1.82) is 0 Å². The molecule has 2 heterocycles. The van der Waals surface area contributed by atoms with E-state index in [1.54, 1.807) is 16.8 Å². The molecule has 2 saturated heterocycles. The van der Waals surface area contributed by atoms with Gasteiger partial charge >= 0.3 is 0 Å². The number of nitrogens with zero attached hydrogens (tertiary/aromatic N) is 2. The first-order chi connectivity index (χ1) is 11.8. The third-order valence-electron chi connectivity index (χ3n) is 4.90. The molecule has 2 aliphatic heterocycles. The molecule has 25 heavy (non-hydrogen) atoms. The number of halogens is 1. The molecule has 2 aliphatic rings. The van der Waals surface area contributed by atoms with Crippen molar-refractivity contribution in [2.45, 2.75) is 25.4 Å². The molecule has 2 fully saturated rings. The molecule has 0 N–H and O–H groups in total. The first kappa shape index (κ1) is 18.4. The Bertz CT molecular complexity index is 796. The Morgan fingerprint density at radius 2 is 2.08 bits per heavy atom. The second kappa shape index (κ2) is 7.07. The minimum absolute atomic E-state index is 0.0203. The predicted molar refractivity (Wildman–Crippen MR) is 97.5 cm³/mol. The van der Waals surface area contributed by atoms with Crippen LogP contribution in [-0.4, -0.2) is 61.2 Å². The van der Waals surface area contributed by atoms with Gasteiger partial charge in [0, 0.05) is 37.1 Å². The fourth-order valence-corrected chi connectivity index (χ4v) is 5.68. The number of hydrogen-bond acceptors (Lipinski definition) is 4. The van der Waals surface area contributed by atoms with Crippen LogP contribution in [0, 0.1) is 5.92 Å². The van der Waals surface area contributed by atoms with Gasteiger partial charge in [-0.05, 0) is 18.1 Å². The molecule has 136 valence electrons. The normalized spacial score (nSPS) is 25.4. The Labute approximate surface area is 156 Å². The standard InChI is InChI=1S/C17H21BrN2O4S/c1-19(9-12-4-2-3-5-15(12)18)17(22)13-8-16(21)20(10-13)14-6-7-25(23,24)11-14/h2-5,13-14H,6-11H2,1H3/t13-,14+/m1/s1. The van der Waals surface area contributed by atoms with Crippen LogP contribution in [0.4, 0.5) is 0 Å². The average Bonchev–Trinajstić information content (AvgIpc) is 3.11. The van der Waals surface area contributed by atoms with Gasteiger partial charge in [0.2, 0.25) is 11.8 Å². The predicted octanol–water partition coefficient (Wildman–Crippen LogP) is 1.44. The van der Waals surface area contributed by atoms with Crippen LogP contribution in [-0.2, 0) is 26.0 Å². The van der Waals surface area contributed by atoms with Gasteiger partial charge in [0.15, 0.2) is 9.84 Å². The number of sulfone groups is 1. The molecule has 0 spiro atoms. The average molecular weight is 429 g/mol. The van der Waals surface area contributed by atoms with Crippen LogP contribution < -0.4 is 0 Å².